The molecule has 1 unspecified atom stereocenters. The molecule has 1 atom stereocenters. The number of aromatic nitrogens is 3. The van der Waals surface area contributed by atoms with Crippen LogP contribution in [0.1, 0.15) is 28.1 Å². The van der Waals surface area contributed by atoms with Crippen molar-refractivity contribution in [2.24, 2.45) is 0 Å². The van der Waals surface area contributed by atoms with Crippen LogP contribution in [0.25, 0.3) is 0 Å². The lowest BCUT2D eigenvalue weighted by Gasteiger charge is -2.36. The summed E-state index contributed by atoms with van der Waals surface area (Å²) < 4.78 is 55.3. The summed E-state index contributed by atoms with van der Waals surface area (Å²) in [5.74, 6) is -0.991. The van der Waals surface area contributed by atoms with E-state index in [-0.39, 0.29) is 18.5 Å². The molecule has 170 valence electrons. The van der Waals surface area contributed by atoms with Crippen LogP contribution in [0.4, 0.5) is 17.6 Å². The number of benzene rings is 2. The van der Waals surface area contributed by atoms with Crippen molar-refractivity contribution in [2.75, 3.05) is 0 Å². The first kappa shape index (κ1) is 22.9. The molecule has 33 heavy (non-hydrogen) atoms. The van der Waals surface area contributed by atoms with Crippen LogP contribution in [-0.2, 0) is 24.7 Å². The van der Waals surface area contributed by atoms with Crippen LogP contribution in [0, 0.1) is 5.82 Å². The SMILES string of the molecule is Fc1cc(C(F)(F)F)cc(C(Cc2ccccc2)(NCc2ccn[nH]2)c2ccc(Cl)cn2)c1. The first-order valence-electron chi connectivity index (χ1n) is 10.0. The van der Waals surface area contributed by atoms with E-state index < -0.39 is 23.1 Å². The predicted octanol–water partition coefficient (Wildman–Crippen LogP) is 5.89. The average Bonchev–Trinajstić information content (AvgIpc) is 3.31. The summed E-state index contributed by atoms with van der Waals surface area (Å²) >= 11 is 6.03. The van der Waals surface area contributed by atoms with Gasteiger partial charge in [-0.2, -0.15) is 18.3 Å². The van der Waals surface area contributed by atoms with Gasteiger partial charge in [0.05, 0.1) is 21.8 Å². The van der Waals surface area contributed by atoms with E-state index in [9.17, 15) is 17.6 Å². The molecule has 0 saturated carbocycles. The summed E-state index contributed by atoms with van der Waals surface area (Å²) in [4.78, 5) is 4.42. The summed E-state index contributed by atoms with van der Waals surface area (Å²) in [6.45, 7) is 0.217. The zero-order chi connectivity index (χ0) is 23.5. The molecule has 0 radical (unpaired) electrons. The van der Waals surface area contributed by atoms with Gasteiger partial charge in [-0.25, -0.2) is 4.39 Å². The van der Waals surface area contributed by atoms with Crippen molar-refractivity contribution < 1.29 is 17.6 Å². The Hall–Kier alpha value is -3.23. The van der Waals surface area contributed by atoms with Gasteiger partial charge in [-0.3, -0.25) is 15.4 Å². The normalized spacial score (nSPS) is 13.6. The van der Waals surface area contributed by atoms with E-state index in [1.807, 2.05) is 30.3 Å². The molecule has 9 heteroatoms. The maximum absolute atomic E-state index is 14.5. The lowest BCUT2D eigenvalue weighted by atomic mass is 9.79. The van der Waals surface area contributed by atoms with Crippen LogP contribution >= 0.6 is 11.6 Å². The first-order valence-corrected chi connectivity index (χ1v) is 10.4. The van der Waals surface area contributed by atoms with E-state index in [1.165, 1.54) is 6.20 Å². The molecule has 4 aromatic rings. The fourth-order valence-electron chi connectivity index (χ4n) is 3.75. The summed E-state index contributed by atoms with van der Waals surface area (Å²) in [5.41, 5.74) is -0.369. The predicted molar refractivity (Wildman–Crippen MR) is 117 cm³/mol. The van der Waals surface area contributed by atoms with Crippen LogP contribution in [0.3, 0.4) is 0 Å². The van der Waals surface area contributed by atoms with Gasteiger partial charge in [-0.15, -0.1) is 0 Å². The van der Waals surface area contributed by atoms with Crippen molar-refractivity contribution in [3.63, 3.8) is 0 Å². The van der Waals surface area contributed by atoms with Crippen molar-refractivity contribution in [1.82, 2.24) is 20.5 Å². The number of halogens is 5. The Labute approximate surface area is 192 Å². The Balaban J connectivity index is 1.93. The Morgan fingerprint density at radius 3 is 2.33 bits per heavy atom. The second kappa shape index (κ2) is 9.33. The Morgan fingerprint density at radius 2 is 1.70 bits per heavy atom. The van der Waals surface area contributed by atoms with E-state index in [1.54, 1.807) is 24.4 Å². The summed E-state index contributed by atoms with van der Waals surface area (Å²) in [7, 11) is 0. The molecule has 0 amide bonds. The highest BCUT2D eigenvalue weighted by Crippen LogP contribution is 2.38. The highest BCUT2D eigenvalue weighted by molar-refractivity contribution is 6.30. The Morgan fingerprint density at radius 1 is 0.939 bits per heavy atom. The minimum atomic E-state index is -4.72. The maximum atomic E-state index is 14.5. The molecule has 2 N–H and O–H groups in total. The molecule has 0 aliphatic heterocycles. The number of nitrogens with one attached hydrogen (secondary N) is 2. The number of hydrogen-bond donors (Lipinski definition) is 2. The Kier molecular flexibility index (Phi) is 6.49. The number of aromatic amines is 1. The van der Waals surface area contributed by atoms with E-state index in [0.717, 1.165) is 17.7 Å². The largest absolute Gasteiger partial charge is 0.416 e. The van der Waals surface area contributed by atoms with Crippen molar-refractivity contribution >= 4 is 11.6 Å². The summed E-state index contributed by atoms with van der Waals surface area (Å²) in [5, 5.41) is 10.4. The fraction of sp³-hybridized carbons (Fsp3) is 0.167. The number of rotatable bonds is 7. The molecule has 2 heterocycles. The third kappa shape index (κ3) is 5.23. The van der Waals surface area contributed by atoms with E-state index in [2.05, 4.69) is 20.5 Å². The molecule has 0 bridgehead atoms. The highest BCUT2D eigenvalue weighted by Gasteiger charge is 2.39. The van der Waals surface area contributed by atoms with E-state index in [4.69, 9.17) is 11.6 Å². The molecule has 2 aromatic heterocycles. The summed E-state index contributed by atoms with van der Waals surface area (Å²) in [6, 6.07) is 16.7. The van der Waals surface area contributed by atoms with Gasteiger partial charge in [-0.1, -0.05) is 41.9 Å². The standard InChI is InChI=1S/C24H19ClF4N4/c25-19-6-7-22(30-14-19)23(13-16-4-2-1-3-5-16,31-15-21-8-9-32-33-21)17-10-18(24(27,28)29)12-20(26)11-17/h1-12,14,31H,13,15H2,(H,32,33). The van der Waals surface area contributed by atoms with Crippen LogP contribution in [0.2, 0.25) is 5.02 Å². The molecular weight excluding hydrogens is 456 g/mol. The molecule has 0 spiro atoms. The summed E-state index contributed by atoms with van der Waals surface area (Å²) in [6.07, 6.45) is -1.53. The highest BCUT2D eigenvalue weighted by atomic mass is 35.5. The van der Waals surface area contributed by atoms with Crippen LogP contribution in [0.5, 0.6) is 0 Å². The number of alkyl halides is 3. The quantitative estimate of drug-likeness (QED) is 0.328. The first-order chi connectivity index (χ1) is 15.8. The topological polar surface area (TPSA) is 53.6 Å². The average molecular weight is 475 g/mol. The second-order valence-corrected chi connectivity index (χ2v) is 8.03. The van der Waals surface area contributed by atoms with Gasteiger partial charge in [0.2, 0.25) is 0 Å². The zero-order valence-corrected chi connectivity index (χ0v) is 18.0. The van der Waals surface area contributed by atoms with Crippen LogP contribution in [0.15, 0.2) is 79.1 Å². The maximum Gasteiger partial charge on any atom is 0.416 e. The number of H-pyrrole nitrogens is 1. The minimum absolute atomic E-state index is 0.0908. The fourth-order valence-corrected chi connectivity index (χ4v) is 3.87. The van der Waals surface area contributed by atoms with E-state index in [0.29, 0.717) is 22.5 Å². The number of hydrogen-bond acceptors (Lipinski definition) is 3. The smallest absolute Gasteiger partial charge is 0.296 e. The number of pyridine rings is 1. The van der Waals surface area contributed by atoms with Crippen LogP contribution in [-0.4, -0.2) is 15.2 Å². The molecule has 0 saturated heterocycles. The molecule has 4 nitrogen and oxygen atoms in total. The van der Waals surface area contributed by atoms with Crippen molar-refractivity contribution in [3.05, 3.63) is 118 Å². The van der Waals surface area contributed by atoms with Gasteiger partial charge < -0.3 is 0 Å². The van der Waals surface area contributed by atoms with Gasteiger partial charge in [0.25, 0.3) is 0 Å². The van der Waals surface area contributed by atoms with E-state index >= 15 is 0 Å². The molecule has 0 fully saturated rings. The van der Waals surface area contributed by atoms with Crippen molar-refractivity contribution in [1.29, 1.82) is 0 Å². The minimum Gasteiger partial charge on any atom is -0.296 e. The molecule has 4 rings (SSSR count). The number of nitrogens with zero attached hydrogens (tertiary/aromatic N) is 2. The van der Waals surface area contributed by atoms with Gasteiger partial charge in [0.1, 0.15) is 5.82 Å². The lowest BCUT2D eigenvalue weighted by Crippen LogP contribution is -2.46. The monoisotopic (exact) mass is 474 g/mol. The lowest BCUT2D eigenvalue weighted by molar-refractivity contribution is -0.137. The van der Waals surface area contributed by atoms with Gasteiger partial charge >= 0.3 is 6.18 Å². The van der Waals surface area contributed by atoms with Gasteiger partial charge in [-0.05, 0) is 47.5 Å². The van der Waals surface area contributed by atoms with Gasteiger partial charge in [0, 0.05) is 31.1 Å². The zero-order valence-electron chi connectivity index (χ0n) is 17.2. The molecule has 0 aliphatic carbocycles. The third-order valence-corrected chi connectivity index (χ3v) is 5.56. The molecular formula is C24H19ClF4N4. The second-order valence-electron chi connectivity index (χ2n) is 7.59. The Bertz CT molecular complexity index is 1200. The molecule has 2 aromatic carbocycles. The van der Waals surface area contributed by atoms with Crippen LogP contribution < -0.4 is 5.32 Å². The van der Waals surface area contributed by atoms with Crippen molar-refractivity contribution in [3.8, 4) is 0 Å². The van der Waals surface area contributed by atoms with Gasteiger partial charge in [0.15, 0.2) is 0 Å². The molecule has 0 aliphatic rings. The third-order valence-electron chi connectivity index (χ3n) is 5.33. The van der Waals surface area contributed by atoms with Crippen molar-refractivity contribution in [2.45, 2.75) is 24.7 Å².